The molecule has 1 heterocycles. The molecule has 130 valence electrons. The Morgan fingerprint density at radius 2 is 1.68 bits per heavy atom. The maximum atomic E-state index is 11.2. The Bertz CT molecular complexity index is 950. The first-order chi connectivity index (χ1) is 12.0. The average molecular weight is 375 g/mol. The summed E-state index contributed by atoms with van der Waals surface area (Å²) in [6, 6.07) is 16.0. The van der Waals surface area contributed by atoms with Gasteiger partial charge in [-0.25, -0.2) is 18.5 Å². The Balaban J connectivity index is 1.65. The van der Waals surface area contributed by atoms with Crippen molar-refractivity contribution in [3.8, 4) is 16.9 Å². The van der Waals surface area contributed by atoms with Gasteiger partial charge in [0.25, 0.3) is 0 Å². The lowest BCUT2D eigenvalue weighted by Crippen LogP contribution is -2.09. The Labute approximate surface area is 150 Å². The van der Waals surface area contributed by atoms with Crippen molar-refractivity contribution in [1.82, 2.24) is 4.98 Å². The van der Waals surface area contributed by atoms with E-state index in [-0.39, 0.29) is 4.21 Å². The molecule has 0 aliphatic carbocycles. The summed E-state index contributed by atoms with van der Waals surface area (Å²) in [7, 11) is -2.06. The topological polar surface area (TPSA) is 94.3 Å². The zero-order chi connectivity index (χ0) is 17.9. The van der Waals surface area contributed by atoms with Crippen LogP contribution < -0.4 is 15.2 Å². The summed E-state index contributed by atoms with van der Waals surface area (Å²) in [5, 5.41) is 8.69. The molecule has 0 amide bonds. The normalized spacial score (nSPS) is 11.3. The van der Waals surface area contributed by atoms with Crippen molar-refractivity contribution < 1.29 is 13.2 Å². The maximum Gasteiger partial charge on any atom is 0.249 e. The van der Waals surface area contributed by atoms with Crippen LogP contribution in [0.25, 0.3) is 11.1 Å². The van der Waals surface area contributed by atoms with Crippen LogP contribution >= 0.6 is 11.3 Å². The number of hydrogen-bond acceptors (Lipinski definition) is 6. The Morgan fingerprint density at radius 1 is 1.08 bits per heavy atom. The smallest absolute Gasteiger partial charge is 0.249 e. The van der Waals surface area contributed by atoms with Crippen LogP contribution in [0.2, 0.25) is 0 Å². The van der Waals surface area contributed by atoms with Gasteiger partial charge in [0, 0.05) is 6.54 Å². The van der Waals surface area contributed by atoms with Gasteiger partial charge in [-0.15, -0.1) is 0 Å². The van der Waals surface area contributed by atoms with E-state index in [4.69, 9.17) is 9.88 Å². The van der Waals surface area contributed by atoms with Gasteiger partial charge in [0.15, 0.2) is 9.34 Å². The molecule has 0 saturated carbocycles. The number of rotatable bonds is 6. The van der Waals surface area contributed by atoms with Gasteiger partial charge in [-0.1, -0.05) is 47.7 Å². The van der Waals surface area contributed by atoms with Crippen LogP contribution in [0.3, 0.4) is 0 Å². The third-order valence-electron chi connectivity index (χ3n) is 3.59. The lowest BCUT2D eigenvalue weighted by Gasteiger charge is -2.06. The fraction of sp³-hybridized carbons (Fsp3) is 0.118. The second-order valence-corrected chi connectivity index (χ2v) is 8.13. The van der Waals surface area contributed by atoms with E-state index >= 15 is 0 Å². The fourth-order valence-corrected chi connectivity index (χ4v) is 3.70. The molecule has 0 radical (unpaired) electrons. The number of nitrogens with one attached hydrogen (secondary N) is 1. The van der Waals surface area contributed by atoms with Gasteiger partial charge in [-0.2, -0.15) is 0 Å². The molecule has 0 spiro atoms. The third-order valence-corrected chi connectivity index (χ3v) is 5.95. The van der Waals surface area contributed by atoms with E-state index in [1.54, 1.807) is 7.11 Å². The summed E-state index contributed by atoms with van der Waals surface area (Å²) in [5.41, 5.74) is 3.28. The minimum atomic E-state index is -3.70. The summed E-state index contributed by atoms with van der Waals surface area (Å²) in [4.78, 5) is 4.02. The molecule has 2 aromatic carbocycles. The summed E-state index contributed by atoms with van der Waals surface area (Å²) < 4.78 is 27.7. The number of aromatic nitrogens is 1. The van der Waals surface area contributed by atoms with Gasteiger partial charge in [0.1, 0.15) is 5.75 Å². The predicted molar refractivity (Wildman–Crippen MR) is 99.2 cm³/mol. The minimum Gasteiger partial charge on any atom is -0.497 e. The van der Waals surface area contributed by atoms with E-state index in [1.807, 2.05) is 48.5 Å². The van der Waals surface area contributed by atoms with E-state index in [0.29, 0.717) is 11.7 Å². The lowest BCUT2D eigenvalue weighted by atomic mass is 10.0. The van der Waals surface area contributed by atoms with Crippen LogP contribution in [0.15, 0.2) is 58.9 Å². The molecule has 3 rings (SSSR count). The molecular formula is C17H17N3O3S2. The molecule has 8 heteroatoms. The molecule has 0 atom stereocenters. The van der Waals surface area contributed by atoms with E-state index < -0.39 is 10.0 Å². The quantitative estimate of drug-likeness (QED) is 0.690. The molecule has 3 aromatic rings. The van der Waals surface area contributed by atoms with Crippen molar-refractivity contribution in [3.05, 3.63) is 60.3 Å². The molecule has 0 bridgehead atoms. The number of sulfonamides is 1. The highest BCUT2D eigenvalue weighted by atomic mass is 32.2. The van der Waals surface area contributed by atoms with Crippen LogP contribution in [-0.4, -0.2) is 20.5 Å². The van der Waals surface area contributed by atoms with Crippen LogP contribution in [0, 0.1) is 0 Å². The highest BCUT2D eigenvalue weighted by Crippen LogP contribution is 2.24. The molecule has 0 unspecified atom stereocenters. The number of thiazole rings is 1. The number of benzene rings is 2. The molecule has 0 fully saturated rings. The van der Waals surface area contributed by atoms with Gasteiger partial charge >= 0.3 is 0 Å². The van der Waals surface area contributed by atoms with E-state index in [1.165, 1.54) is 6.20 Å². The zero-order valence-corrected chi connectivity index (χ0v) is 15.1. The second-order valence-electron chi connectivity index (χ2n) is 5.31. The SMILES string of the molecule is COc1ccc(-c2ccc(CNc3ncc(S(N)(=O)=O)s3)cc2)cc1. The first kappa shape index (κ1) is 17.4. The molecule has 1 aromatic heterocycles. The highest BCUT2D eigenvalue weighted by molar-refractivity contribution is 7.91. The van der Waals surface area contributed by atoms with Crippen LogP contribution in [-0.2, 0) is 16.6 Å². The first-order valence-corrected chi connectivity index (χ1v) is 9.78. The average Bonchev–Trinajstić information content (AvgIpc) is 3.10. The molecular weight excluding hydrogens is 358 g/mol. The van der Waals surface area contributed by atoms with Crippen LogP contribution in [0.4, 0.5) is 5.13 Å². The second kappa shape index (κ2) is 7.22. The third kappa shape index (κ3) is 4.36. The largest absolute Gasteiger partial charge is 0.497 e. The summed E-state index contributed by atoms with van der Waals surface area (Å²) >= 11 is 1.02. The number of nitrogens with zero attached hydrogens (tertiary/aromatic N) is 1. The summed E-state index contributed by atoms with van der Waals surface area (Å²) in [6.45, 7) is 0.542. The van der Waals surface area contributed by atoms with Gasteiger partial charge in [-0.05, 0) is 28.8 Å². The highest BCUT2D eigenvalue weighted by Gasteiger charge is 2.12. The number of primary sulfonamides is 1. The van der Waals surface area contributed by atoms with Crippen molar-refractivity contribution in [3.63, 3.8) is 0 Å². The monoisotopic (exact) mass is 375 g/mol. The molecule has 0 saturated heterocycles. The number of hydrogen-bond donors (Lipinski definition) is 2. The van der Waals surface area contributed by atoms with Gasteiger partial charge in [-0.3, -0.25) is 0 Å². The summed E-state index contributed by atoms with van der Waals surface area (Å²) in [5.74, 6) is 0.826. The molecule has 6 nitrogen and oxygen atoms in total. The predicted octanol–water partition coefficient (Wildman–Crippen LogP) is 3.08. The maximum absolute atomic E-state index is 11.2. The number of nitrogens with two attached hydrogens (primary N) is 1. The van der Waals surface area contributed by atoms with Crippen LogP contribution in [0.5, 0.6) is 5.75 Å². The number of ether oxygens (including phenoxy) is 1. The molecule has 0 aliphatic heterocycles. The Kier molecular flexibility index (Phi) is 5.03. The summed E-state index contributed by atoms with van der Waals surface area (Å²) in [6.07, 6.45) is 1.26. The molecule has 25 heavy (non-hydrogen) atoms. The van der Waals surface area contributed by atoms with Gasteiger partial charge in [0.2, 0.25) is 10.0 Å². The first-order valence-electron chi connectivity index (χ1n) is 7.41. The van der Waals surface area contributed by atoms with Gasteiger partial charge < -0.3 is 10.1 Å². The number of anilines is 1. The zero-order valence-electron chi connectivity index (χ0n) is 13.5. The van der Waals surface area contributed by atoms with Crippen LogP contribution in [0.1, 0.15) is 5.56 Å². The van der Waals surface area contributed by atoms with Crippen molar-refractivity contribution in [2.45, 2.75) is 10.8 Å². The van der Waals surface area contributed by atoms with Gasteiger partial charge in [0.05, 0.1) is 13.3 Å². The number of methoxy groups -OCH3 is 1. The molecule has 3 N–H and O–H groups in total. The van der Waals surface area contributed by atoms with E-state index in [0.717, 1.165) is 33.8 Å². The molecule has 0 aliphatic rings. The lowest BCUT2D eigenvalue weighted by molar-refractivity contribution is 0.415. The van der Waals surface area contributed by atoms with Crippen molar-refractivity contribution in [2.75, 3.05) is 12.4 Å². The minimum absolute atomic E-state index is 0.0462. The Morgan fingerprint density at radius 3 is 2.20 bits per heavy atom. The fourth-order valence-electron chi connectivity index (χ4n) is 2.25. The van der Waals surface area contributed by atoms with Crippen molar-refractivity contribution in [2.24, 2.45) is 5.14 Å². The van der Waals surface area contributed by atoms with E-state index in [9.17, 15) is 8.42 Å². The van der Waals surface area contributed by atoms with Crippen molar-refractivity contribution >= 4 is 26.5 Å². The van der Waals surface area contributed by atoms with E-state index in [2.05, 4.69) is 10.3 Å². The standard InChI is InChI=1S/C17H17N3O3S2/c1-23-15-8-6-14(7-9-15)13-4-2-12(3-5-13)10-19-17-20-11-16(24-17)25(18,21)22/h2-9,11H,10H2,1H3,(H,19,20)(H2,18,21,22). The Hall–Kier alpha value is -2.42. The van der Waals surface area contributed by atoms with Crippen molar-refractivity contribution in [1.29, 1.82) is 0 Å².